The van der Waals surface area contributed by atoms with Crippen molar-refractivity contribution in [3.8, 4) is 0 Å². The second-order valence-corrected chi connectivity index (χ2v) is 4.80. The summed E-state index contributed by atoms with van der Waals surface area (Å²) in [7, 11) is 3.89. The van der Waals surface area contributed by atoms with Gasteiger partial charge in [-0.2, -0.15) is 0 Å². The number of fused-ring (bicyclic) bond motifs is 1. The number of thiophene rings is 1. The van der Waals surface area contributed by atoms with E-state index in [1.54, 1.807) is 6.20 Å². The first-order valence-corrected chi connectivity index (χ1v) is 5.69. The molecule has 2 N–H and O–H groups in total. The summed E-state index contributed by atoms with van der Waals surface area (Å²) in [5, 5.41) is 0.878. The minimum absolute atomic E-state index is 0.00907. The molecule has 2 heterocycles. The van der Waals surface area contributed by atoms with Crippen molar-refractivity contribution in [3.63, 3.8) is 0 Å². The van der Waals surface area contributed by atoms with Crippen LogP contribution in [0.5, 0.6) is 0 Å². The Morgan fingerprint density at radius 2 is 2.19 bits per heavy atom. The third-order valence-electron chi connectivity index (χ3n) is 2.41. The number of nitrogens with two attached hydrogens (primary N) is 1. The molecule has 0 aliphatic rings. The number of ketones is 1. The van der Waals surface area contributed by atoms with Crippen LogP contribution in [0.1, 0.15) is 16.6 Å². The van der Waals surface area contributed by atoms with Crippen molar-refractivity contribution in [1.29, 1.82) is 0 Å². The fourth-order valence-corrected chi connectivity index (χ4v) is 2.64. The van der Waals surface area contributed by atoms with Crippen molar-refractivity contribution < 1.29 is 4.79 Å². The molecule has 0 aliphatic carbocycles. The lowest BCUT2D eigenvalue weighted by atomic mass is 10.2. The molecule has 0 aliphatic heterocycles. The average molecular weight is 235 g/mol. The molecule has 0 atom stereocenters. The number of hydrogen-bond donors (Lipinski definition) is 1. The molecule has 0 bridgehead atoms. The maximum absolute atomic E-state index is 11.4. The predicted molar refractivity (Wildman–Crippen MR) is 68.4 cm³/mol. The number of nitrogen functional groups attached to an aromatic ring is 1. The highest BCUT2D eigenvalue weighted by Gasteiger charge is 2.17. The molecule has 2 aromatic rings. The van der Waals surface area contributed by atoms with E-state index in [-0.39, 0.29) is 5.78 Å². The molecular formula is C11H13N3OS. The highest BCUT2D eigenvalue weighted by molar-refractivity contribution is 7.21. The van der Waals surface area contributed by atoms with E-state index in [2.05, 4.69) is 4.98 Å². The molecule has 84 valence electrons. The van der Waals surface area contributed by atoms with Gasteiger partial charge in [0.25, 0.3) is 0 Å². The van der Waals surface area contributed by atoms with Crippen LogP contribution in [0, 0.1) is 0 Å². The zero-order valence-corrected chi connectivity index (χ0v) is 10.3. The van der Waals surface area contributed by atoms with Gasteiger partial charge in [-0.1, -0.05) is 0 Å². The Kier molecular flexibility index (Phi) is 2.55. The van der Waals surface area contributed by atoms with Crippen LogP contribution in [0.15, 0.2) is 12.3 Å². The molecule has 2 aromatic heterocycles. The molecule has 4 nitrogen and oxygen atoms in total. The highest BCUT2D eigenvalue weighted by Crippen LogP contribution is 2.37. The van der Waals surface area contributed by atoms with Gasteiger partial charge in [-0.05, 0) is 6.07 Å². The first-order valence-electron chi connectivity index (χ1n) is 4.87. The van der Waals surface area contributed by atoms with Gasteiger partial charge < -0.3 is 10.6 Å². The molecule has 0 saturated carbocycles. The minimum atomic E-state index is -0.00907. The van der Waals surface area contributed by atoms with E-state index in [0.717, 1.165) is 15.9 Å². The minimum Gasteiger partial charge on any atom is -0.397 e. The van der Waals surface area contributed by atoms with Crippen molar-refractivity contribution >= 4 is 38.7 Å². The Balaban J connectivity index is 2.82. The van der Waals surface area contributed by atoms with Gasteiger partial charge in [0.05, 0.1) is 21.6 Å². The van der Waals surface area contributed by atoms with Crippen molar-refractivity contribution in [1.82, 2.24) is 4.98 Å². The number of carbonyl (C=O) groups excluding carboxylic acids is 1. The number of anilines is 2. The third-order valence-corrected chi connectivity index (χ3v) is 3.62. The van der Waals surface area contributed by atoms with Crippen LogP contribution in [0.3, 0.4) is 0 Å². The van der Waals surface area contributed by atoms with E-state index in [0.29, 0.717) is 10.6 Å². The van der Waals surface area contributed by atoms with Gasteiger partial charge in [-0.3, -0.25) is 4.79 Å². The number of carbonyl (C=O) groups is 1. The first-order chi connectivity index (χ1) is 7.52. The lowest BCUT2D eigenvalue weighted by Crippen LogP contribution is -2.09. The van der Waals surface area contributed by atoms with Gasteiger partial charge in [-0.15, -0.1) is 11.3 Å². The molecule has 0 fully saturated rings. The van der Waals surface area contributed by atoms with Crippen molar-refractivity contribution in [2.45, 2.75) is 6.92 Å². The summed E-state index contributed by atoms with van der Waals surface area (Å²) < 4.78 is 0. The number of rotatable bonds is 2. The fraction of sp³-hybridized carbons (Fsp3) is 0.273. The number of aromatic nitrogens is 1. The van der Waals surface area contributed by atoms with Crippen LogP contribution < -0.4 is 10.6 Å². The summed E-state index contributed by atoms with van der Waals surface area (Å²) in [5.74, 6) is -0.00907. The maximum Gasteiger partial charge on any atom is 0.171 e. The van der Waals surface area contributed by atoms with E-state index in [1.165, 1.54) is 18.3 Å². The Labute approximate surface area is 97.7 Å². The smallest absolute Gasteiger partial charge is 0.171 e. The molecule has 2 rings (SSSR count). The van der Waals surface area contributed by atoms with Crippen molar-refractivity contribution in [3.05, 3.63) is 17.1 Å². The number of hydrogen-bond acceptors (Lipinski definition) is 5. The molecule has 0 unspecified atom stereocenters. The van der Waals surface area contributed by atoms with Crippen LogP contribution in [0.2, 0.25) is 0 Å². The van der Waals surface area contributed by atoms with Gasteiger partial charge in [0.2, 0.25) is 0 Å². The number of pyridine rings is 1. The predicted octanol–water partition coefficient (Wildman–Crippen LogP) is 2.15. The zero-order valence-electron chi connectivity index (χ0n) is 9.44. The summed E-state index contributed by atoms with van der Waals surface area (Å²) >= 11 is 1.35. The van der Waals surface area contributed by atoms with E-state index in [1.807, 2.05) is 25.1 Å². The largest absolute Gasteiger partial charge is 0.397 e. The quantitative estimate of drug-likeness (QED) is 0.810. The molecule has 0 radical (unpaired) electrons. The molecule has 0 saturated heterocycles. The van der Waals surface area contributed by atoms with E-state index in [9.17, 15) is 4.79 Å². The van der Waals surface area contributed by atoms with Gasteiger partial charge in [0, 0.05) is 27.2 Å². The van der Waals surface area contributed by atoms with Crippen LogP contribution in [0.4, 0.5) is 11.4 Å². The van der Waals surface area contributed by atoms with E-state index in [4.69, 9.17) is 5.73 Å². The van der Waals surface area contributed by atoms with Crippen LogP contribution >= 0.6 is 11.3 Å². The van der Waals surface area contributed by atoms with Crippen LogP contribution in [0.25, 0.3) is 10.2 Å². The topological polar surface area (TPSA) is 59.2 Å². The number of Topliss-reactive ketones (excluding diaryl/α,β-unsaturated/α-hetero) is 1. The maximum atomic E-state index is 11.4. The first kappa shape index (κ1) is 10.9. The van der Waals surface area contributed by atoms with Gasteiger partial charge in [0.1, 0.15) is 4.83 Å². The van der Waals surface area contributed by atoms with Crippen LogP contribution in [-0.4, -0.2) is 24.9 Å². The van der Waals surface area contributed by atoms with Crippen LogP contribution in [-0.2, 0) is 0 Å². The Hall–Kier alpha value is -1.62. The van der Waals surface area contributed by atoms with Gasteiger partial charge >= 0.3 is 0 Å². The summed E-state index contributed by atoms with van der Waals surface area (Å²) in [6.07, 6.45) is 1.73. The summed E-state index contributed by atoms with van der Waals surface area (Å²) in [5.41, 5.74) is 7.54. The SMILES string of the molecule is CC(=O)c1sc2nccc(N(C)C)c2c1N. The second kappa shape index (κ2) is 3.75. The lowest BCUT2D eigenvalue weighted by molar-refractivity contribution is 0.102. The normalized spacial score (nSPS) is 10.7. The van der Waals surface area contributed by atoms with E-state index >= 15 is 0 Å². The Morgan fingerprint density at radius 3 is 2.75 bits per heavy atom. The fourth-order valence-electron chi connectivity index (χ4n) is 1.66. The molecule has 5 heteroatoms. The second-order valence-electron chi connectivity index (χ2n) is 3.81. The highest BCUT2D eigenvalue weighted by atomic mass is 32.1. The van der Waals surface area contributed by atoms with E-state index < -0.39 is 0 Å². The van der Waals surface area contributed by atoms with Crippen molar-refractivity contribution in [2.75, 3.05) is 24.7 Å². The molecular weight excluding hydrogens is 222 g/mol. The third kappa shape index (κ3) is 1.53. The average Bonchev–Trinajstić information content (AvgIpc) is 2.56. The monoisotopic (exact) mass is 235 g/mol. The molecule has 16 heavy (non-hydrogen) atoms. The summed E-state index contributed by atoms with van der Waals surface area (Å²) in [6.45, 7) is 1.52. The Bertz CT molecular complexity index is 560. The van der Waals surface area contributed by atoms with Crippen molar-refractivity contribution in [2.24, 2.45) is 0 Å². The molecule has 0 spiro atoms. The summed E-state index contributed by atoms with van der Waals surface area (Å²) in [4.78, 5) is 19.0. The Morgan fingerprint density at radius 1 is 1.50 bits per heavy atom. The lowest BCUT2D eigenvalue weighted by Gasteiger charge is -2.13. The number of nitrogens with zero attached hydrogens (tertiary/aromatic N) is 2. The molecule has 0 aromatic carbocycles. The standard InChI is InChI=1S/C11H13N3OS/c1-6(15)10-9(12)8-7(14(2)3)4-5-13-11(8)16-10/h4-5H,12H2,1-3H3. The molecule has 0 amide bonds. The van der Waals surface area contributed by atoms with Gasteiger partial charge in [-0.25, -0.2) is 4.98 Å². The zero-order chi connectivity index (χ0) is 11.9. The van der Waals surface area contributed by atoms with Gasteiger partial charge in [0.15, 0.2) is 5.78 Å². The summed E-state index contributed by atoms with van der Waals surface area (Å²) in [6, 6.07) is 1.90.